The van der Waals surface area contributed by atoms with Gasteiger partial charge >= 0.3 is 0 Å². The summed E-state index contributed by atoms with van der Waals surface area (Å²) in [6, 6.07) is 7.24. The summed E-state index contributed by atoms with van der Waals surface area (Å²) in [6.07, 6.45) is 4.71. The molecule has 0 saturated carbocycles. The molecule has 25 heavy (non-hydrogen) atoms. The molecule has 0 spiro atoms. The number of anilines is 2. The van der Waals surface area contributed by atoms with Gasteiger partial charge in [-0.3, -0.25) is 4.79 Å². The molecule has 0 aliphatic carbocycles. The maximum Gasteiger partial charge on any atom is 0.258 e. The van der Waals surface area contributed by atoms with Gasteiger partial charge in [0.2, 0.25) is 5.95 Å². The molecule has 7 heteroatoms. The van der Waals surface area contributed by atoms with Crippen molar-refractivity contribution in [2.45, 2.75) is 0 Å². The number of nitrogens with one attached hydrogen (secondary N) is 1. The molecule has 0 unspecified atom stereocenters. The SMILES string of the molecule is C=CCOc1ccccc1NC(=O)c1cnc(N2CCOCC2)nc1. The monoisotopic (exact) mass is 340 g/mol. The van der Waals surface area contributed by atoms with Gasteiger partial charge in [0.05, 0.1) is 24.5 Å². The van der Waals surface area contributed by atoms with Gasteiger partial charge in [-0.2, -0.15) is 0 Å². The normalized spacial score (nSPS) is 14.0. The molecule has 1 aliphatic rings. The lowest BCUT2D eigenvalue weighted by atomic mass is 10.2. The van der Waals surface area contributed by atoms with Gasteiger partial charge in [-0.1, -0.05) is 24.8 Å². The second-order valence-electron chi connectivity index (χ2n) is 5.42. The van der Waals surface area contributed by atoms with Crippen LogP contribution in [0.1, 0.15) is 10.4 Å². The van der Waals surface area contributed by atoms with Gasteiger partial charge in [-0.15, -0.1) is 0 Å². The number of aromatic nitrogens is 2. The first-order chi connectivity index (χ1) is 12.3. The van der Waals surface area contributed by atoms with Gasteiger partial charge in [0.15, 0.2) is 0 Å². The summed E-state index contributed by atoms with van der Waals surface area (Å²) < 4.78 is 10.8. The number of carbonyl (C=O) groups is 1. The highest BCUT2D eigenvalue weighted by Gasteiger charge is 2.15. The van der Waals surface area contributed by atoms with E-state index in [1.54, 1.807) is 18.2 Å². The fourth-order valence-electron chi connectivity index (χ4n) is 2.40. The standard InChI is InChI=1S/C18H20N4O3/c1-2-9-25-16-6-4-3-5-15(16)21-17(23)14-12-19-18(20-13-14)22-7-10-24-11-8-22/h2-6,12-13H,1,7-11H2,(H,21,23). The Hall–Kier alpha value is -2.93. The molecule has 1 aliphatic heterocycles. The van der Waals surface area contributed by atoms with E-state index in [4.69, 9.17) is 9.47 Å². The Balaban J connectivity index is 1.68. The van der Waals surface area contributed by atoms with Gasteiger partial charge in [-0.25, -0.2) is 9.97 Å². The number of carbonyl (C=O) groups excluding carboxylic acids is 1. The number of morpholine rings is 1. The maximum absolute atomic E-state index is 12.4. The van der Waals surface area contributed by atoms with E-state index in [1.807, 2.05) is 17.0 Å². The molecule has 1 saturated heterocycles. The van der Waals surface area contributed by atoms with Gasteiger partial charge in [0.1, 0.15) is 12.4 Å². The smallest absolute Gasteiger partial charge is 0.258 e. The van der Waals surface area contributed by atoms with E-state index in [1.165, 1.54) is 12.4 Å². The quantitative estimate of drug-likeness (QED) is 0.812. The Labute approximate surface area is 146 Å². The number of ether oxygens (including phenoxy) is 2. The summed E-state index contributed by atoms with van der Waals surface area (Å²) in [6.45, 7) is 6.80. The zero-order valence-corrected chi connectivity index (χ0v) is 13.9. The molecule has 1 aromatic heterocycles. The molecule has 1 amide bonds. The Morgan fingerprint density at radius 2 is 2.00 bits per heavy atom. The Kier molecular flexibility index (Phi) is 5.58. The molecule has 1 N–H and O–H groups in total. The van der Waals surface area contributed by atoms with Crippen LogP contribution in [-0.4, -0.2) is 48.8 Å². The maximum atomic E-state index is 12.4. The molecule has 1 aromatic carbocycles. The fourth-order valence-corrected chi connectivity index (χ4v) is 2.40. The zero-order valence-electron chi connectivity index (χ0n) is 13.9. The minimum absolute atomic E-state index is 0.289. The van der Waals surface area contributed by atoms with Crippen LogP contribution >= 0.6 is 0 Å². The topological polar surface area (TPSA) is 76.6 Å². The van der Waals surface area contributed by atoms with Crippen LogP contribution in [-0.2, 0) is 4.74 Å². The number of hydrogen-bond donors (Lipinski definition) is 1. The highest BCUT2D eigenvalue weighted by molar-refractivity contribution is 6.04. The van der Waals surface area contributed by atoms with E-state index in [0.717, 1.165) is 13.1 Å². The molecule has 3 rings (SSSR count). The van der Waals surface area contributed by atoms with Crippen LogP contribution in [0.3, 0.4) is 0 Å². The second-order valence-corrected chi connectivity index (χ2v) is 5.42. The first-order valence-electron chi connectivity index (χ1n) is 8.07. The number of para-hydroxylation sites is 2. The highest BCUT2D eigenvalue weighted by atomic mass is 16.5. The van der Waals surface area contributed by atoms with E-state index < -0.39 is 0 Å². The van der Waals surface area contributed by atoms with Crippen LogP contribution in [0.4, 0.5) is 11.6 Å². The minimum atomic E-state index is -0.289. The summed E-state index contributed by atoms with van der Waals surface area (Å²) in [5, 5.41) is 2.82. The van der Waals surface area contributed by atoms with Crippen LogP contribution in [0, 0.1) is 0 Å². The van der Waals surface area contributed by atoms with Crippen molar-refractivity contribution in [3.63, 3.8) is 0 Å². The van der Waals surface area contributed by atoms with Crippen LogP contribution in [0.25, 0.3) is 0 Å². The first kappa shape index (κ1) is 16.9. The second kappa shape index (κ2) is 8.25. The number of rotatable bonds is 6. The molecule has 2 aromatic rings. The summed E-state index contributed by atoms with van der Waals surface area (Å²) in [5.41, 5.74) is 0.974. The third-order valence-corrected chi connectivity index (χ3v) is 3.69. The predicted octanol–water partition coefficient (Wildman–Crippen LogP) is 2.13. The van der Waals surface area contributed by atoms with Crippen molar-refractivity contribution in [3.05, 3.63) is 54.9 Å². The summed E-state index contributed by atoms with van der Waals surface area (Å²) >= 11 is 0. The van der Waals surface area contributed by atoms with Gasteiger partial charge in [-0.05, 0) is 12.1 Å². The lowest BCUT2D eigenvalue weighted by molar-refractivity contribution is 0.102. The molecule has 0 bridgehead atoms. The average molecular weight is 340 g/mol. The lowest BCUT2D eigenvalue weighted by Crippen LogP contribution is -2.37. The molecular weight excluding hydrogens is 320 g/mol. The van der Waals surface area contributed by atoms with Crippen molar-refractivity contribution in [2.24, 2.45) is 0 Å². The number of nitrogens with zero attached hydrogens (tertiary/aromatic N) is 3. The third kappa shape index (κ3) is 4.33. The zero-order chi connectivity index (χ0) is 17.5. The van der Waals surface area contributed by atoms with E-state index >= 15 is 0 Å². The minimum Gasteiger partial charge on any atom is -0.487 e. The van der Waals surface area contributed by atoms with Crippen molar-refractivity contribution in [1.29, 1.82) is 0 Å². The van der Waals surface area contributed by atoms with E-state index in [2.05, 4.69) is 21.9 Å². The lowest BCUT2D eigenvalue weighted by Gasteiger charge is -2.26. The van der Waals surface area contributed by atoms with E-state index in [0.29, 0.717) is 42.8 Å². The van der Waals surface area contributed by atoms with Crippen molar-refractivity contribution in [1.82, 2.24) is 9.97 Å². The molecule has 0 atom stereocenters. The molecule has 130 valence electrons. The molecule has 2 heterocycles. The van der Waals surface area contributed by atoms with Gasteiger partial charge in [0.25, 0.3) is 5.91 Å². The summed E-state index contributed by atoms with van der Waals surface area (Å²) in [5.74, 6) is 0.902. The van der Waals surface area contributed by atoms with Crippen molar-refractivity contribution in [2.75, 3.05) is 43.1 Å². The predicted molar refractivity (Wildman–Crippen MR) is 95.2 cm³/mol. The van der Waals surface area contributed by atoms with Crippen molar-refractivity contribution in [3.8, 4) is 5.75 Å². The Bertz CT molecular complexity index is 727. The summed E-state index contributed by atoms with van der Waals surface area (Å²) in [4.78, 5) is 23.0. The van der Waals surface area contributed by atoms with E-state index in [9.17, 15) is 4.79 Å². The van der Waals surface area contributed by atoms with Gasteiger partial charge < -0.3 is 19.7 Å². The largest absolute Gasteiger partial charge is 0.487 e. The van der Waals surface area contributed by atoms with Crippen LogP contribution in [0.5, 0.6) is 5.75 Å². The Morgan fingerprint density at radius 1 is 1.28 bits per heavy atom. The van der Waals surface area contributed by atoms with Crippen molar-refractivity contribution < 1.29 is 14.3 Å². The average Bonchev–Trinajstić information content (AvgIpc) is 2.68. The van der Waals surface area contributed by atoms with Crippen LogP contribution in [0.2, 0.25) is 0 Å². The number of benzene rings is 1. The third-order valence-electron chi connectivity index (χ3n) is 3.69. The number of hydrogen-bond acceptors (Lipinski definition) is 6. The van der Waals surface area contributed by atoms with Crippen LogP contribution < -0.4 is 15.0 Å². The highest BCUT2D eigenvalue weighted by Crippen LogP contribution is 2.24. The molecule has 1 fully saturated rings. The summed E-state index contributed by atoms with van der Waals surface area (Å²) in [7, 11) is 0. The Morgan fingerprint density at radius 3 is 2.72 bits per heavy atom. The molecular formula is C18H20N4O3. The van der Waals surface area contributed by atoms with Gasteiger partial charge in [0, 0.05) is 25.5 Å². The van der Waals surface area contributed by atoms with Crippen molar-refractivity contribution >= 4 is 17.5 Å². The van der Waals surface area contributed by atoms with Crippen LogP contribution in [0.15, 0.2) is 49.3 Å². The molecule has 7 nitrogen and oxygen atoms in total. The van der Waals surface area contributed by atoms with E-state index in [-0.39, 0.29) is 5.91 Å². The fraction of sp³-hybridized carbons (Fsp3) is 0.278. The molecule has 0 radical (unpaired) electrons. The number of amides is 1. The first-order valence-corrected chi connectivity index (χ1v) is 8.07.